The molecule has 1 N–H and O–H groups in total. The molecule has 0 saturated carbocycles. The van der Waals surface area contributed by atoms with Crippen molar-refractivity contribution in [2.75, 3.05) is 17.4 Å². The van der Waals surface area contributed by atoms with E-state index in [2.05, 4.69) is 5.32 Å². The number of sulfonamides is 1. The van der Waals surface area contributed by atoms with E-state index in [4.69, 9.17) is 0 Å². The Bertz CT molecular complexity index is 1660. The van der Waals surface area contributed by atoms with Crippen LogP contribution < -0.4 is 9.62 Å². The molecule has 2 amide bonds. The van der Waals surface area contributed by atoms with Crippen molar-refractivity contribution >= 4 is 27.5 Å². The molecule has 0 aliphatic rings. The van der Waals surface area contributed by atoms with E-state index >= 15 is 0 Å². The first-order chi connectivity index (χ1) is 21.1. The van der Waals surface area contributed by atoms with Gasteiger partial charge in [0.1, 0.15) is 12.6 Å². The highest BCUT2D eigenvalue weighted by Crippen LogP contribution is 2.28. The molecule has 0 spiro atoms. The highest BCUT2D eigenvalue weighted by Gasteiger charge is 2.35. The Balaban J connectivity index is 1.80. The topological polar surface area (TPSA) is 86.8 Å². The number of benzene rings is 4. The Labute approximate surface area is 261 Å². The van der Waals surface area contributed by atoms with E-state index in [1.54, 1.807) is 30.3 Å². The summed E-state index contributed by atoms with van der Waals surface area (Å²) in [5.41, 5.74) is 4.78. The van der Waals surface area contributed by atoms with Crippen molar-refractivity contribution in [2.24, 2.45) is 0 Å². The summed E-state index contributed by atoms with van der Waals surface area (Å²) < 4.78 is 29.6. The minimum absolute atomic E-state index is 0.0898. The number of rotatable bonds is 13. The van der Waals surface area contributed by atoms with Gasteiger partial charge < -0.3 is 10.2 Å². The molecule has 0 aliphatic carbocycles. The zero-order valence-electron chi connectivity index (χ0n) is 25.9. The number of carbonyl (C=O) groups is 2. The van der Waals surface area contributed by atoms with Gasteiger partial charge in [0.25, 0.3) is 10.0 Å². The Morgan fingerprint density at radius 1 is 0.773 bits per heavy atom. The van der Waals surface area contributed by atoms with Crippen molar-refractivity contribution < 1.29 is 18.0 Å². The van der Waals surface area contributed by atoms with Gasteiger partial charge in [-0.1, -0.05) is 103 Å². The summed E-state index contributed by atoms with van der Waals surface area (Å²) in [4.78, 5) is 29.8. The molecule has 0 saturated heterocycles. The Hall–Kier alpha value is -4.43. The van der Waals surface area contributed by atoms with Crippen molar-refractivity contribution in [1.29, 1.82) is 0 Å². The zero-order chi connectivity index (χ0) is 31.7. The third kappa shape index (κ3) is 8.14. The lowest BCUT2D eigenvalue weighted by atomic mass is 10.0. The number of anilines is 1. The summed E-state index contributed by atoms with van der Waals surface area (Å²) in [5.74, 6) is -0.753. The quantitative estimate of drug-likeness (QED) is 0.202. The fraction of sp³-hybridized carbons (Fsp3) is 0.278. The van der Waals surface area contributed by atoms with E-state index in [0.717, 1.165) is 34.2 Å². The minimum Gasteiger partial charge on any atom is -0.354 e. The van der Waals surface area contributed by atoms with Gasteiger partial charge in [-0.15, -0.1) is 0 Å². The Kier molecular flexibility index (Phi) is 11.0. The molecule has 0 fully saturated rings. The molecular weight excluding hydrogens is 570 g/mol. The van der Waals surface area contributed by atoms with Crippen LogP contribution >= 0.6 is 0 Å². The van der Waals surface area contributed by atoms with Gasteiger partial charge in [0.2, 0.25) is 11.8 Å². The van der Waals surface area contributed by atoms with Gasteiger partial charge >= 0.3 is 0 Å². The average Bonchev–Trinajstić information content (AvgIpc) is 3.01. The van der Waals surface area contributed by atoms with Crippen LogP contribution in [0.3, 0.4) is 0 Å². The maximum absolute atomic E-state index is 14.5. The van der Waals surface area contributed by atoms with E-state index in [9.17, 15) is 18.0 Å². The molecule has 44 heavy (non-hydrogen) atoms. The fourth-order valence-electron chi connectivity index (χ4n) is 5.14. The third-order valence-corrected chi connectivity index (χ3v) is 9.30. The van der Waals surface area contributed by atoms with E-state index in [-0.39, 0.29) is 23.8 Å². The second-order valence-corrected chi connectivity index (χ2v) is 13.0. The number of hydrogen-bond acceptors (Lipinski definition) is 4. The van der Waals surface area contributed by atoms with Crippen LogP contribution in [0, 0.1) is 20.8 Å². The number of amides is 2. The molecule has 4 rings (SSSR count). The van der Waals surface area contributed by atoms with Crippen LogP contribution in [0.4, 0.5) is 5.69 Å². The second kappa shape index (κ2) is 14.8. The van der Waals surface area contributed by atoms with Crippen LogP contribution in [-0.4, -0.2) is 44.3 Å². The van der Waals surface area contributed by atoms with E-state index in [1.165, 1.54) is 9.21 Å². The van der Waals surface area contributed by atoms with Crippen LogP contribution in [0.25, 0.3) is 0 Å². The lowest BCUT2D eigenvalue weighted by Crippen LogP contribution is -2.53. The van der Waals surface area contributed by atoms with Crippen molar-refractivity contribution in [3.8, 4) is 0 Å². The molecule has 1 atom stereocenters. The predicted octanol–water partition coefficient (Wildman–Crippen LogP) is 5.97. The molecule has 4 aromatic rings. The summed E-state index contributed by atoms with van der Waals surface area (Å²) in [6.45, 7) is 7.76. The van der Waals surface area contributed by atoms with E-state index in [1.807, 2.05) is 100 Å². The van der Waals surface area contributed by atoms with Gasteiger partial charge in [-0.3, -0.25) is 13.9 Å². The Morgan fingerprint density at radius 2 is 1.36 bits per heavy atom. The third-order valence-electron chi connectivity index (χ3n) is 7.52. The van der Waals surface area contributed by atoms with Crippen molar-refractivity contribution in [1.82, 2.24) is 10.2 Å². The molecule has 0 unspecified atom stereocenters. The standard InChI is InChI=1S/C36H41N3O4S/c1-5-22-37-36(41)34(24-30-12-8-6-9-13-30)38(25-31-14-10-7-11-15-31)35(40)26-39(33-21-18-28(3)23-29(33)4)44(42,43)32-19-16-27(2)17-20-32/h6-21,23,34H,5,22,24-26H2,1-4H3,(H,37,41)/t34-/m1/s1. The highest BCUT2D eigenvalue weighted by molar-refractivity contribution is 7.92. The number of nitrogens with zero attached hydrogens (tertiary/aromatic N) is 2. The maximum atomic E-state index is 14.5. The largest absolute Gasteiger partial charge is 0.354 e. The average molecular weight is 612 g/mol. The van der Waals surface area contributed by atoms with Crippen LogP contribution in [0.1, 0.15) is 41.2 Å². The summed E-state index contributed by atoms with van der Waals surface area (Å²) >= 11 is 0. The molecule has 0 radical (unpaired) electrons. The molecule has 4 aromatic carbocycles. The van der Waals surface area contributed by atoms with E-state index < -0.39 is 28.5 Å². The van der Waals surface area contributed by atoms with Gasteiger partial charge in [0, 0.05) is 19.5 Å². The van der Waals surface area contributed by atoms with Crippen LogP contribution in [0.5, 0.6) is 0 Å². The highest BCUT2D eigenvalue weighted by atomic mass is 32.2. The Morgan fingerprint density at radius 3 is 1.95 bits per heavy atom. The minimum atomic E-state index is -4.14. The SMILES string of the molecule is CCCNC(=O)[C@@H](Cc1ccccc1)N(Cc1ccccc1)C(=O)CN(c1ccc(C)cc1C)S(=O)(=O)c1ccc(C)cc1. The first-order valence-corrected chi connectivity index (χ1v) is 16.4. The zero-order valence-corrected chi connectivity index (χ0v) is 26.7. The summed E-state index contributed by atoms with van der Waals surface area (Å²) in [7, 11) is -4.14. The molecule has 7 nitrogen and oxygen atoms in total. The first kappa shape index (κ1) is 32.5. The second-order valence-electron chi connectivity index (χ2n) is 11.1. The number of hydrogen-bond donors (Lipinski definition) is 1. The molecule has 0 bridgehead atoms. The molecule has 0 aromatic heterocycles. The van der Waals surface area contributed by atoms with Gasteiger partial charge in [0.05, 0.1) is 10.6 Å². The molecule has 0 heterocycles. The lowest BCUT2D eigenvalue weighted by molar-refractivity contribution is -0.140. The molecule has 8 heteroatoms. The first-order valence-electron chi connectivity index (χ1n) is 14.9. The molecule has 0 aliphatic heterocycles. The van der Waals surface area contributed by atoms with Gasteiger partial charge in [-0.25, -0.2) is 8.42 Å². The molecular formula is C36H41N3O4S. The normalized spacial score (nSPS) is 11.9. The van der Waals surface area contributed by atoms with Crippen molar-refractivity contribution in [3.63, 3.8) is 0 Å². The van der Waals surface area contributed by atoms with Gasteiger partial charge in [0.15, 0.2) is 0 Å². The van der Waals surface area contributed by atoms with E-state index in [0.29, 0.717) is 12.2 Å². The monoisotopic (exact) mass is 611 g/mol. The number of aryl methyl sites for hydroxylation is 3. The summed E-state index contributed by atoms with van der Waals surface area (Å²) in [6, 6.07) is 30.2. The van der Waals surface area contributed by atoms with Gasteiger partial charge in [-0.05, 0) is 62.1 Å². The number of nitrogens with one attached hydrogen (secondary N) is 1. The lowest BCUT2D eigenvalue weighted by Gasteiger charge is -2.34. The summed E-state index contributed by atoms with van der Waals surface area (Å²) in [6.07, 6.45) is 1.02. The van der Waals surface area contributed by atoms with Crippen molar-refractivity contribution in [3.05, 3.63) is 131 Å². The number of carbonyl (C=O) groups excluding carboxylic acids is 2. The van der Waals surface area contributed by atoms with Crippen LogP contribution in [-0.2, 0) is 32.6 Å². The smallest absolute Gasteiger partial charge is 0.264 e. The fourth-order valence-corrected chi connectivity index (χ4v) is 6.61. The van der Waals surface area contributed by atoms with Gasteiger partial charge in [-0.2, -0.15) is 0 Å². The summed E-state index contributed by atoms with van der Waals surface area (Å²) in [5, 5.41) is 2.97. The molecule has 230 valence electrons. The van der Waals surface area contributed by atoms with Crippen LogP contribution in [0.15, 0.2) is 108 Å². The van der Waals surface area contributed by atoms with Crippen molar-refractivity contribution in [2.45, 2.75) is 58.0 Å². The predicted molar refractivity (Wildman–Crippen MR) is 176 cm³/mol. The van der Waals surface area contributed by atoms with Crippen LogP contribution in [0.2, 0.25) is 0 Å². The maximum Gasteiger partial charge on any atom is 0.264 e.